The second kappa shape index (κ2) is 12.9. The lowest BCUT2D eigenvalue weighted by Crippen LogP contribution is -2.39. The van der Waals surface area contributed by atoms with Crippen molar-refractivity contribution in [3.8, 4) is 5.75 Å². The number of aryl methyl sites for hydroxylation is 2. The number of nitro benzene ring substituents is 1. The number of guanidine groups is 1. The normalized spacial score (nSPS) is 14.2. The molecule has 1 unspecified atom stereocenters. The van der Waals surface area contributed by atoms with Gasteiger partial charge in [-0.15, -0.1) is 35.3 Å². The molecule has 0 amide bonds. The van der Waals surface area contributed by atoms with Crippen molar-refractivity contribution in [2.75, 3.05) is 26.7 Å². The van der Waals surface area contributed by atoms with Crippen LogP contribution >= 0.6 is 35.3 Å². The van der Waals surface area contributed by atoms with Crippen LogP contribution in [-0.4, -0.2) is 58.7 Å². The molecule has 176 valence electrons. The Morgan fingerprint density at radius 3 is 2.75 bits per heavy atom. The van der Waals surface area contributed by atoms with Crippen LogP contribution in [0.4, 0.5) is 5.69 Å². The van der Waals surface area contributed by atoms with Gasteiger partial charge in [-0.2, -0.15) is 0 Å². The minimum atomic E-state index is -0.801. The third-order valence-corrected chi connectivity index (χ3v) is 6.04. The Morgan fingerprint density at radius 1 is 1.38 bits per heavy atom. The Balaban J connectivity index is 0.00000363. The van der Waals surface area contributed by atoms with E-state index in [-0.39, 0.29) is 42.8 Å². The van der Waals surface area contributed by atoms with E-state index in [1.807, 2.05) is 18.9 Å². The van der Waals surface area contributed by atoms with Gasteiger partial charge in [-0.3, -0.25) is 15.1 Å². The third kappa shape index (κ3) is 7.55. The molecule has 0 fully saturated rings. The van der Waals surface area contributed by atoms with Gasteiger partial charge >= 0.3 is 0 Å². The van der Waals surface area contributed by atoms with Crippen LogP contribution < -0.4 is 10.1 Å². The Morgan fingerprint density at radius 2 is 2.09 bits per heavy atom. The number of nitrogens with one attached hydrogen (secondary N) is 1. The number of aromatic nitrogens is 1. The summed E-state index contributed by atoms with van der Waals surface area (Å²) in [6, 6.07) is 5.77. The number of nitro groups is 1. The maximum Gasteiger partial charge on any atom is 0.269 e. The van der Waals surface area contributed by atoms with Gasteiger partial charge in [0.05, 0.1) is 23.7 Å². The number of rotatable bonds is 9. The van der Waals surface area contributed by atoms with E-state index >= 15 is 0 Å². The highest BCUT2D eigenvalue weighted by molar-refractivity contribution is 14.0. The highest BCUT2D eigenvalue weighted by Gasteiger charge is 2.17. The van der Waals surface area contributed by atoms with Crippen molar-refractivity contribution >= 4 is 47.0 Å². The van der Waals surface area contributed by atoms with E-state index in [0.717, 1.165) is 17.8 Å². The summed E-state index contributed by atoms with van der Waals surface area (Å²) >= 11 is 1.78. The van der Waals surface area contributed by atoms with E-state index in [0.29, 0.717) is 24.8 Å². The molecule has 2 N–H and O–H groups in total. The number of non-ortho nitro benzene ring substituents is 1. The molecule has 0 radical (unpaired) electrons. The van der Waals surface area contributed by atoms with Crippen LogP contribution in [0.1, 0.15) is 35.3 Å². The zero-order chi connectivity index (χ0) is 22.2. The quantitative estimate of drug-likeness (QED) is 0.155. The number of thiazole rings is 1. The average molecular weight is 575 g/mol. The first-order chi connectivity index (χ1) is 15.0. The van der Waals surface area contributed by atoms with Crippen molar-refractivity contribution in [2.24, 2.45) is 4.99 Å². The number of halogens is 1. The van der Waals surface area contributed by atoms with Gasteiger partial charge in [-0.25, -0.2) is 4.98 Å². The molecule has 9 nitrogen and oxygen atoms in total. The van der Waals surface area contributed by atoms with Gasteiger partial charge in [0.2, 0.25) is 0 Å². The predicted octanol–water partition coefficient (Wildman–Crippen LogP) is 3.39. The average Bonchev–Trinajstić information content (AvgIpc) is 3.17. The fourth-order valence-corrected chi connectivity index (χ4v) is 4.53. The zero-order valence-electron chi connectivity index (χ0n) is 18.3. The second-order valence-electron chi connectivity index (χ2n) is 7.45. The molecule has 32 heavy (non-hydrogen) atoms. The number of ether oxygens (including phenoxy) is 1. The fraction of sp³-hybridized carbons (Fsp3) is 0.524. The summed E-state index contributed by atoms with van der Waals surface area (Å²) in [5, 5.41) is 25.3. The van der Waals surface area contributed by atoms with Gasteiger partial charge in [-0.1, -0.05) is 0 Å². The number of hydrogen-bond acceptors (Lipinski definition) is 7. The van der Waals surface area contributed by atoms with E-state index in [1.54, 1.807) is 11.3 Å². The van der Waals surface area contributed by atoms with Crippen molar-refractivity contribution < 1.29 is 14.8 Å². The van der Waals surface area contributed by atoms with Gasteiger partial charge in [0, 0.05) is 30.6 Å². The first-order valence-corrected chi connectivity index (χ1v) is 11.3. The molecular formula is C21H30IN5O4S. The molecule has 0 spiro atoms. The SMILES string of the molecule is CCNC(=NCC(O)COc1ccc([N+](=O)[O-])cc1)N(C)Cc1nc2c(s1)CCCC2.I. The Labute approximate surface area is 209 Å². The molecule has 0 bridgehead atoms. The van der Waals surface area contributed by atoms with Crippen LogP contribution in [0.2, 0.25) is 0 Å². The smallest absolute Gasteiger partial charge is 0.269 e. The molecule has 1 aromatic heterocycles. The van der Waals surface area contributed by atoms with Gasteiger partial charge < -0.3 is 20.1 Å². The lowest BCUT2D eigenvalue weighted by Gasteiger charge is -2.21. The van der Waals surface area contributed by atoms with Crippen LogP contribution in [0, 0.1) is 10.1 Å². The molecule has 1 aliphatic carbocycles. The Kier molecular flexibility index (Phi) is 10.6. The second-order valence-corrected chi connectivity index (χ2v) is 8.62. The number of hydrogen-bond donors (Lipinski definition) is 2. The van der Waals surface area contributed by atoms with Crippen molar-refractivity contribution in [1.29, 1.82) is 0 Å². The van der Waals surface area contributed by atoms with Gasteiger partial charge in [-0.05, 0) is 44.7 Å². The maximum absolute atomic E-state index is 10.7. The topological polar surface area (TPSA) is 113 Å². The molecule has 2 aromatic rings. The van der Waals surface area contributed by atoms with Gasteiger partial charge in [0.25, 0.3) is 5.69 Å². The summed E-state index contributed by atoms with van der Waals surface area (Å²) in [5.74, 6) is 1.16. The van der Waals surface area contributed by atoms with Gasteiger partial charge in [0.15, 0.2) is 5.96 Å². The maximum atomic E-state index is 10.7. The summed E-state index contributed by atoms with van der Waals surface area (Å²) in [5.41, 5.74) is 1.25. The van der Waals surface area contributed by atoms with Crippen LogP contribution in [0.15, 0.2) is 29.3 Å². The molecular weight excluding hydrogens is 545 g/mol. The first kappa shape index (κ1) is 26.3. The standard InChI is InChI=1S/C21H29N5O4S.HI/c1-3-22-21(25(2)13-20-24-18-6-4-5-7-19(18)31-20)23-12-16(27)14-30-17-10-8-15(9-11-17)26(28)29;/h8-11,16,27H,3-7,12-14H2,1-2H3,(H,22,23);1H. The summed E-state index contributed by atoms with van der Waals surface area (Å²) in [4.78, 5) is 23.0. The van der Waals surface area contributed by atoms with Crippen molar-refractivity contribution in [3.05, 3.63) is 50.0 Å². The minimum absolute atomic E-state index is 0. The van der Waals surface area contributed by atoms with Crippen molar-refractivity contribution in [2.45, 2.75) is 45.3 Å². The van der Waals surface area contributed by atoms with Crippen molar-refractivity contribution in [3.63, 3.8) is 0 Å². The molecule has 0 saturated carbocycles. The number of nitrogens with zero attached hydrogens (tertiary/aromatic N) is 4. The van der Waals surface area contributed by atoms with E-state index in [1.165, 1.54) is 47.7 Å². The van der Waals surface area contributed by atoms with Crippen LogP contribution in [0.3, 0.4) is 0 Å². The lowest BCUT2D eigenvalue weighted by atomic mass is 10.0. The summed E-state index contributed by atoms with van der Waals surface area (Å²) in [6.07, 6.45) is 3.87. The predicted molar refractivity (Wildman–Crippen MR) is 136 cm³/mol. The molecule has 11 heteroatoms. The van der Waals surface area contributed by atoms with E-state index in [4.69, 9.17) is 9.72 Å². The number of fused-ring (bicyclic) bond motifs is 1. The monoisotopic (exact) mass is 575 g/mol. The number of aliphatic imine (C=N–C) groups is 1. The molecule has 1 heterocycles. The number of benzene rings is 1. The lowest BCUT2D eigenvalue weighted by molar-refractivity contribution is -0.384. The third-order valence-electron chi connectivity index (χ3n) is 4.90. The van der Waals surface area contributed by atoms with E-state index < -0.39 is 11.0 Å². The minimum Gasteiger partial charge on any atom is -0.491 e. The molecule has 3 rings (SSSR count). The molecule has 0 aliphatic heterocycles. The highest BCUT2D eigenvalue weighted by atomic mass is 127. The van der Waals surface area contributed by atoms with Crippen LogP contribution in [-0.2, 0) is 19.4 Å². The molecule has 1 aliphatic rings. The Hall–Kier alpha value is -1.99. The summed E-state index contributed by atoms with van der Waals surface area (Å²) in [6.45, 7) is 3.60. The molecule has 0 saturated heterocycles. The van der Waals surface area contributed by atoms with E-state index in [2.05, 4.69) is 10.3 Å². The van der Waals surface area contributed by atoms with Crippen LogP contribution in [0.25, 0.3) is 0 Å². The van der Waals surface area contributed by atoms with Gasteiger partial charge in [0.1, 0.15) is 23.5 Å². The first-order valence-electron chi connectivity index (χ1n) is 10.5. The number of aliphatic hydroxyl groups is 1. The van der Waals surface area contributed by atoms with Crippen LogP contribution in [0.5, 0.6) is 5.75 Å². The summed E-state index contributed by atoms with van der Waals surface area (Å²) < 4.78 is 5.51. The molecule has 1 atom stereocenters. The fourth-order valence-electron chi connectivity index (χ4n) is 3.32. The van der Waals surface area contributed by atoms with E-state index in [9.17, 15) is 15.2 Å². The summed E-state index contributed by atoms with van der Waals surface area (Å²) in [7, 11) is 1.96. The highest BCUT2D eigenvalue weighted by Crippen LogP contribution is 2.27. The number of aliphatic hydroxyl groups excluding tert-OH is 1. The zero-order valence-corrected chi connectivity index (χ0v) is 21.5. The largest absolute Gasteiger partial charge is 0.491 e. The molecule has 1 aromatic carbocycles. The Bertz CT molecular complexity index is 883. The van der Waals surface area contributed by atoms with Crippen molar-refractivity contribution in [1.82, 2.24) is 15.2 Å².